The van der Waals surface area contributed by atoms with Crippen molar-refractivity contribution in [1.82, 2.24) is 10.2 Å². The lowest BCUT2D eigenvalue weighted by Crippen LogP contribution is -2.18. The Morgan fingerprint density at radius 1 is 1.00 bits per heavy atom. The second-order valence-electron chi connectivity index (χ2n) is 6.19. The van der Waals surface area contributed by atoms with Gasteiger partial charge in [0.2, 0.25) is 0 Å². The fourth-order valence-corrected chi connectivity index (χ4v) is 3.61. The number of hydrogen-bond acceptors (Lipinski definition) is 5. The number of thiophene rings is 1. The molecule has 2 heterocycles. The lowest BCUT2D eigenvalue weighted by atomic mass is 10.1. The van der Waals surface area contributed by atoms with Crippen molar-refractivity contribution in [2.75, 3.05) is 10.6 Å². The monoisotopic (exact) mass is 424 g/mol. The number of carboxylic acid groups (broad SMARTS) is 1. The number of aromatic amines is 1. The van der Waals surface area contributed by atoms with Crippen LogP contribution in [-0.4, -0.2) is 33.1 Å². The van der Waals surface area contributed by atoms with Gasteiger partial charge in [-0.05, 0) is 42.5 Å². The summed E-state index contributed by atoms with van der Waals surface area (Å²) in [6.45, 7) is 0. The minimum atomic E-state index is -1.08. The SMILES string of the molecule is O=C(Nc1ccccc1C(=O)Nc1[nH]nc2sc(C(=O)O)cc12)c1ccc(F)cc1. The summed E-state index contributed by atoms with van der Waals surface area (Å²) in [4.78, 5) is 36.9. The molecule has 4 N–H and O–H groups in total. The Morgan fingerprint density at radius 3 is 2.47 bits per heavy atom. The zero-order valence-corrected chi connectivity index (χ0v) is 15.9. The van der Waals surface area contributed by atoms with E-state index in [1.165, 1.54) is 36.4 Å². The molecule has 150 valence electrons. The van der Waals surface area contributed by atoms with E-state index in [4.69, 9.17) is 5.11 Å². The molecule has 2 aromatic carbocycles. The third-order valence-corrected chi connectivity index (χ3v) is 5.24. The number of aromatic nitrogens is 2. The molecule has 0 aliphatic rings. The van der Waals surface area contributed by atoms with Crippen LogP contribution in [0.4, 0.5) is 15.9 Å². The van der Waals surface area contributed by atoms with E-state index >= 15 is 0 Å². The van der Waals surface area contributed by atoms with Gasteiger partial charge in [0.05, 0.1) is 16.6 Å². The van der Waals surface area contributed by atoms with Gasteiger partial charge in [-0.2, -0.15) is 5.10 Å². The van der Waals surface area contributed by atoms with Crippen molar-refractivity contribution in [2.24, 2.45) is 0 Å². The maximum Gasteiger partial charge on any atom is 0.345 e. The number of carbonyl (C=O) groups excluding carboxylic acids is 2. The molecule has 0 bridgehead atoms. The number of rotatable bonds is 5. The minimum absolute atomic E-state index is 0.101. The lowest BCUT2D eigenvalue weighted by molar-refractivity contribution is 0.0701. The van der Waals surface area contributed by atoms with Crippen molar-refractivity contribution in [3.8, 4) is 0 Å². The van der Waals surface area contributed by atoms with Gasteiger partial charge < -0.3 is 15.7 Å². The standard InChI is InChI=1S/C20H13FN4O4S/c21-11-7-5-10(6-8-11)17(26)22-14-4-2-1-3-12(14)18(27)23-16-13-9-15(20(28)29)30-19(13)25-24-16/h1-9H,(H,22,26)(H,28,29)(H2,23,24,25,27). The molecule has 4 aromatic rings. The van der Waals surface area contributed by atoms with Crippen molar-refractivity contribution < 1.29 is 23.9 Å². The number of carbonyl (C=O) groups is 3. The van der Waals surface area contributed by atoms with E-state index in [0.717, 1.165) is 11.3 Å². The Labute approximate surface area is 172 Å². The highest BCUT2D eigenvalue weighted by molar-refractivity contribution is 7.20. The molecule has 0 aliphatic carbocycles. The van der Waals surface area contributed by atoms with Gasteiger partial charge in [0.15, 0.2) is 0 Å². The van der Waals surface area contributed by atoms with Crippen molar-refractivity contribution >= 4 is 50.8 Å². The summed E-state index contributed by atoms with van der Waals surface area (Å²) >= 11 is 0.982. The Morgan fingerprint density at radius 2 is 1.73 bits per heavy atom. The van der Waals surface area contributed by atoms with E-state index in [-0.39, 0.29) is 27.5 Å². The van der Waals surface area contributed by atoms with E-state index in [1.54, 1.807) is 18.2 Å². The van der Waals surface area contributed by atoms with Crippen LogP contribution in [0.25, 0.3) is 10.2 Å². The van der Waals surface area contributed by atoms with E-state index in [9.17, 15) is 18.8 Å². The second-order valence-corrected chi connectivity index (χ2v) is 7.22. The number of amides is 2. The lowest BCUT2D eigenvalue weighted by Gasteiger charge is -2.11. The van der Waals surface area contributed by atoms with Crippen molar-refractivity contribution in [3.63, 3.8) is 0 Å². The summed E-state index contributed by atoms with van der Waals surface area (Å²) in [5, 5.41) is 21.5. The van der Waals surface area contributed by atoms with Crippen molar-refractivity contribution in [3.05, 3.63) is 76.4 Å². The van der Waals surface area contributed by atoms with Crippen LogP contribution in [-0.2, 0) is 0 Å². The highest BCUT2D eigenvalue weighted by Crippen LogP contribution is 2.30. The maximum absolute atomic E-state index is 13.1. The van der Waals surface area contributed by atoms with Crippen molar-refractivity contribution in [2.45, 2.75) is 0 Å². The normalized spacial score (nSPS) is 10.7. The van der Waals surface area contributed by atoms with E-state index in [2.05, 4.69) is 20.8 Å². The summed E-state index contributed by atoms with van der Waals surface area (Å²) in [6, 6.07) is 12.8. The van der Waals surface area contributed by atoms with Gasteiger partial charge in [-0.15, -0.1) is 11.3 Å². The Balaban J connectivity index is 1.57. The van der Waals surface area contributed by atoms with Gasteiger partial charge in [-0.3, -0.25) is 14.7 Å². The molecule has 30 heavy (non-hydrogen) atoms. The fraction of sp³-hybridized carbons (Fsp3) is 0. The van der Waals surface area contributed by atoms with Gasteiger partial charge in [-0.25, -0.2) is 9.18 Å². The summed E-state index contributed by atoms with van der Waals surface area (Å²) in [5.74, 6) is -2.32. The molecule has 0 spiro atoms. The van der Waals surface area contributed by atoms with Crippen LogP contribution in [0.5, 0.6) is 0 Å². The summed E-state index contributed by atoms with van der Waals surface area (Å²) in [7, 11) is 0. The number of halogens is 1. The molecule has 0 saturated carbocycles. The Hall–Kier alpha value is -4.05. The molecule has 2 aromatic heterocycles. The molecular formula is C20H13FN4O4S. The first-order valence-electron chi connectivity index (χ1n) is 8.61. The number of anilines is 2. The predicted octanol–water partition coefficient (Wildman–Crippen LogP) is 3.97. The minimum Gasteiger partial charge on any atom is -0.477 e. The molecule has 0 aliphatic heterocycles. The Bertz CT molecular complexity index is 1280. The van der Waals surface area contributed by atoms with Crippen LogP contribution < -0.4 is 10.6 Å². The van der Waals surface area contributed by atoms with E-state index in [1.807, 2.05) is 0 Å². The molecule has 10 heteroatoms. The third kappa shape index (κ3) is 3.76. The second kappa shape index (κ2) is 7.76. The van der Waals surface area contributed by atoms with Crippen LogP contribution in [0.15, 0.2) is 54.6 Å². The highest BCUT2D eigenvalue weighted by atomic mass is 32.1. The topological polar surface area (TPSA) is 124 Å². The molecule has 0 unspecified atom stereocenters. The van der Waals surface area contributed by atoms with E-state index < -0.39 is 23.6 Å². The number of nitrogens with one attached hydrogen (secondary N) is 3. The van der Waals surface area contributed by atoms with Gasteiger partial charge in [0, 0.05) is 5.56 Å². The molecule has 0 atom stereocenters. The molecule has 0 saturated heterocycles. The molecule has 0 radical (unpaired) electrons. The molecule has 0 fully saturated rings. The predicted molar refractivity (Wildman–Crippen MR) is 110 cm³/mol. The molecular weight excluding hydrogens is 411 g/mol. The largest absolute Gasteiger partial charge is 0.477 e. The number of carboxylic acids is 1. The number of nitrogens with zero attached hydrogens (tertiary/aromatic N) is 1. The van der Waals surface area contributed by atoms with Gasteiger partial charge in [0.25, 0.3) is 11.8 Å². The number of para-hydroxylation sites is 1. The first kappa shape index (κ1) is 19.3. The quantitative estimate of drug-likeness (QED) is 0.386. The van der Waals surface area contributed by atoms with Crippen molar-refractivity contribution in [1.29, 1.82) is 0 Å². The molecule has 4 rings (SSSR count). The highest BCUT2D eigenvalue weighted by Gasteiger charge is 2.18. The fourth-order valence-electron chi connectivity index (χ4n) is 2.78. The average molecular weight is 424 g/mol. The summed E-state index contributed by atoms with van der Waals surface area (Å²) in [6.07, 6.45) is 0. The summed E-state index contributed by atoms with van der Waals surface area (Å²) < 4.78 is 13.1. The average Bonchev–Trinajstić information content (AvgIpc) is 3.31. The van der Waals surface area contributed by atoms with Crippen LogP contribution in [0, 0.1) is 5.82 Å². The van der Waals surface area contributed by atoms with Gasteiger partial charge in [-0.1, -0.05) is 12.1 Å². The first-order chi connectivity index (χ1) is 14.4. The van der Waals surface area contributed by atoms with Crippen LogP contribution in [0.1, 0.15) is 30.4 Å². The van der Waals surface area contributed by atoms with Crippen LogP contribution in [0.2, 0.25) is 0 Å². The van der Waals surface area contributed by atoms with Gasteiger partial charge in [0.1, 0.15) is 21.3 Å². The number of aromatic carboxylic acids is 1. The molecule has 2 amide bonds. The Kier molecular flexibility index (Phi) is 4.98. The maximum atomic E-state index is 13.1. The van der Waals surface area contributed by atoms with Gasteiger partial charge >= 0.3 is 5.97 Å². The zero-order chi connectivity index (χ0) is 21.3. The van der Waals surface area contributed by atoms with Crippen LogP contribution in [0.3, 0.4) is 0 Å². The molecule has 8 nitrogen and oxygen atoms in total. The smallest absolute Gasteiger partial charge is 0.345 e. The third-order valence-electron chi connectivity index (χ3n) is 4.23. The summed E-state index contributed by atoms with van der Waals surface area (Å²) in [5.41, 5.74) is 0.683. The number of benzene rings is 2. The van der Waals surface area contributed by atoms with E-state index in [0.29, 0.717) is 10.2 Å². The number of hydrogen-bond donors (Lipinski definition) is 4. The number of H-pyrrole nitrogens is 1. The van der Waals surface area contributed by atoms with Crippen LogP contribution >= 0.6 is 11.3 Å². The number of fused-ring (bicyclic) bond motifs is 1. The zero-order valence-electron chi connectivity index (χ0n) is 15.1. The first-order valence-corrected chi connectivity index (χ1v) is 9.42.